The van der Waals surface area contributed by atoms with Crippen LogP contribution in [-0.2, 0) is 0 Å². The number of hydrogen-bond acceptors (Lipinski definition) is 1. The number of carbonyl (C=O) groups excluding carboxylic acids is 1. The summed E-state index contributed by atoms with van der Waals surface area (Å²) in [7, 11) is 0. The third-order valence-electron chi connectivity index (χ3n) is 2.19. The zero-order valence-corrected chi connectivity index (χ0v) is 10.3. The second-order valence-corrected chi connectivity index (χ2v) is 4.80. The van der Waals surface area contributed by atoms with E-state index in [1.54, 1.807) is 0 Å². The monoisotopic (exact) mass is 312 g/mol. The van der Waals surface area contributed by atoms with Crippen molar-refractivity contribution in [1.29, 1.82) is 0 Å². The number of rotatable bonds is 4. The van der Waals surface area contributed by atoms with Crippen molar-refractivity contribution in [3.05, 3.63) is 34.9 Å². The van der Waals surface area contributed by atoms with Crippen LogP contribution in [0.1, 0.15) is 41.3 Å². The predicted octanol–water partition coefficient (Wildman–Crippen LogP) is 4.53. The van der Waals surface area contributed by atoms with Crippen molar-refractivity contribution < 1.29 is 22.4 Å². The van der Waals surface area contributed by atoms with Crippen molar-refractivity contribution in [2.45, 2.75) is 24.6 Å². The number of hydrogen-bond donors (Lipinski definition) is 0. The van der Waals surface area contributed by atoms with Gasteiger partial charge >= 0.3 is 0 Å². The number of Topliss-reactive ketones (excluding diaryl/α,β-unsaturated/α-hetero) is 1. The number of carbonyl (C=O) groups is 1. The van der Waals surface area contributed by atoms with Gasteiger partial charge in [0.1, 0.15) is 0 Å². The summed E-state index contributed by atoms with van der Waals surface area (Å²) in [5.74, 6) is -0.636. The van der Waals surface area contributed by atoms with Gasteiger partial charge in [-0.2, -0.15) is 0 Å². The third kappa shape index (κ3) is 3.28. The van der Waals surface area contributed by atoms with Crippen LogP contribution in [0.2, 0.25) is 0 Å². The first-order valence-electron chi connectivity index (χ1n) is 4.73. The summed E-state index contributed by atoms with van der Waals surface area (Å²) in [5, 5.41) is 0. The normalized spacial score (nSPS) is 13.2. The van der Waals surface area contributed by atoms with Gasteiger partial charge in [0, 0.05) is 16.7 Å². The van der Waals surface area contributed by atoms with Crippen LogP contribution < -0.4 is 0 Å². The summed E-state index contributed by atoms with van der Waals surface area (Å²) in [5.41, 5.74) is -1.32. The Kier molecular flexibility index (Phi) is 4.68. The molecule has 1 aromatic rings. The number of benzene rings is 1. The van der Waals surface area contributed by atoms with E-state index in [1.165, 1.54) is 6.92 Å². The first kappa shape index (κ1) is 14.2. The van der Waals surface area contributed by atoms with Crippen molar-refractivity contribution in [1.82, 2.24) is 0 Å². The summed E-state index contributed by atoms with van der Waals surface area (Å²) < 4.78 is 50.1. The largest absolute Gasteiger partial charge is 0.293 e. The first-order valence-corrected chi connectivity index (χ1v) is 5.64. The second kappa shape index (κ2) is 5.62. The molecule has 1 rings (SSSR count). The molecule has 0 aliphatic rings. The van der Waals surface area contributed by atoms with Crippen LogP contribution in [0, 0.1) is 0 Å². The molecule has 0 heterocycles. The van der Waals surface area contributed by atoms with Crippen LogP contribution in [0.4, 0.5) is 17.6 Å². The lowest BCUT2D eigenvalue weighted by Gasteiger charge is -2.11. The van der Waals surface area contributed by atoms with Crippen LogP contribution >= 0.6 is 15.9 Å². The van der Waals surface area contributed by atoms with Crippen LogP contribution in [-0.4, -0.2) is 10.6 Å². The Bertz CT molecular complexity index is 418. The van der Waals surface area contributed by atoms with E-state index < -0.39 is 34.6 Å². The maximum Gasteiger partial charge on any atom is 0.264 e. The number of ketones is 1. The zero-order valence-electron chi connectivity index (χ0n) is 8.76. The molecule has 0 N–H and O–H groups in total. The average Bonchev–Trinajstić information content (AvgIpc) is 2.26. The Hall–Kier alpha value is -0.910. The Morgan fingerprint density at radius 2 is 1.76 bits per heavy atom. The second-order valence-electron chi connectivity index (χ2n) is 3.43. The Labute approximate surface area is 104 Å². The molecule has 0 bridgehead atoms. The molecule has 1 atom stereocenters. The summed E-state index contributed by atoms with van der Waals surface area (Å²) in [6.07, 6.45) is -5.66. The smallest absolute Gasteiger partial charge is 0.264 e. The van der Waals surface area contributed by atoms with Crippen LogP contribution in [0.3, 0.4) is 0 Å². The summed E-state index contributed by atoms with van der Waals surface area (Å²) in [6, 6.07) is 2.60. The van der Waals surface area contributed by atoms with E-state index in [1.807, 2.05) is 0 Å². The van der Waals surface area contributed by atoms with Gasteiger partial charge in [-0.25, -0.2) is 17.6 Å². The minimum Gasteiger partial charge on any atom is -0.293 e. The Morgan fingerprint density at radius 1 is 1.18 bits per heavy atom. The molecule has 0 aromatic heterocycles. The van der Waals surface area contributed by atoms with Crippen molar-refractivity contribution in [2.24, 2.45) is 0 Å². The molecule has 1 aromatic carbocycles. The van der Waals surface area contributed by atoms with Crippen LogP contribution in [0.15, 0.2) is 18.2 Å². The number of alkyl halides is 5. The lowest BCUT2D eigenvalue weighted by molar-refractivity contribution is 0.0981. The van der Waals surface area contributed by atoms with Gasteiger partial charge in [0.25, 0.3) is 12.9 Å². The van der Waals surface area contributed by atoms with Gasteiger partial charge in [0.05, 0.1) is 4.83 Å². The van der Waals surface area contributed by atoms with E-state index in [2.05, 4.69) is 15.9 Å². The Balaban J connectivity index is 3.30. The molecule has 0 amide bonds. The van der Waals surface area contributed by atoms with Gasteiger partial charge in [0.2, 0.25) is 0 Å². The minimum atomic E-state index is -2.87. The highest BCUT2D eigenvalue weighted by atomic mass is 79.9. The quantitative estimate of drug-likeness (QED) is 0.453. The molecule has 1 unspecified atom stereocenters. The standard InChI is InChI=1S/C11H9BrF4O/c1-5(12)9(17)8-4-6(10(13)14)2-3-7(8)11(15)16/h2-5,10-11H,1H3. The topological polar surface area (TPSA) is 17.1 Å². The summed E-state index contributed by atoms with van der Waals surface area (Å²) in [6.45, 7) is 1.45. The molecule has 0 radical (unpaired) electrons. The molecule has 0 aliphatic carbocycles. The Morgan fingerprint density at radius 3 is 2.18 bits per heavy atom. The van der Waals surface area contributed by atoms with E-state index in [0.29, 0.717) is 0 Å². The molecule has 0 spiro atoms. The first-order chi connectivity index (χ1) is 7.84. The van der Waals surface area contributed by atoms with E-state index in [-0.39, 0.29) is 5.56 Å². The highest BCUT2D eigenvalue weighted by molar-refractivity contribution is 9.10. The molecule has 0 aliphatic heterocycles. The summed E-state index contributed by atoms with van der Waals surface area (Å²) in [4.78, 5) is 10.9. The number of halogens is 5. The molecular formula is C11H9BrF4O. The highest BCUT2D eigenvalue weighted by Gasteiger charge is 2.23. The van der Waals surface area contributed by atoms with Gasteiger partial charge in [0.15, 0.2) is 5.78 Å². The van der Waals surface area contributed by atoms with E-state index >= 15 is 0 Å². The molecule has 6 heteroatoms. The van der Waals surface area contributed by atoms with Crippen molar-refractivity contribution in [2.75, 3.05) is 0 Å². The van der Waals surface area contributed by atoms with E-state index in [0.717, 1.165) is 18.2 Å². The zero-order chi connectivity index (χ0) is 13.2. The fraction of sp³-hybridized carbons (Fsp3) is 0.364. The molecule has 94 valence electrons. The predicted molar refractivity (Wildman–Crippen MR) is 59.1 cm³/mol. The SMILES string of the molecule is CC(Br)C(=O)c1cc(C(F)F)ccc1C(F)F. The molecule has 0 fully saturated rings. The lowest BCUT2D eigenvalue weighted by Crippen LogP contribution is -2.13. The van der Waals surface area contributed by atoms with Gasteiger partial charge in [-0.15, -0.1) is 0 Å². The maximum absolute atomic E-state index is 12.6. The third-order valence-corrected chi connectivity index (χ3v) is 2.61. The van der Waals surface area contributed by atoms with Gasteiger partial charge in [-0.05, 0) is 13.0 Å². The van der Waals surface area contributed by atoms with E-state index in [4.69, 9.17) is 0 Å². The van der Waals surface area contributed by atoms with Crippen LogP contribution in [0.5, 0.6) is 0 Å². The maximum atomic E-state index is 12.6. The van der Waals surface area contributed by atoms with E-state index in [9.17, 15) is 22.4 Å². The molecule has 0 saturated heterocycles. The highest BCUT2D eigenvalue weighted by Crippen LogP contribution is 2.29. The summed E-state index contributed by atoms with van der Waals surface area (Å²) >= 11 is 2.94. The molecule has 17 heavy (non-hydrogen) atoms. The lowest BCUT2D eigenvalue weighted by atomic mass is 9.99. The molecular weight excluding hydrogens is 304 g/mol. The van der Waals surface area contributed by atoms with Crippen molar-refractivity contribution >= 4 is 21.7 Å². The van der Waals surface area contributed by atoms with Gasteiger partial charge < -0.3 is 0 Å². The van der Waals surface area contributed by atoms with Crippen molar-refractivity contribution in [3.63, 3.8) is 0 Å². The van der Waals surface area contributed by atoms with Gasteiger partial charge in [-0.1, -0.05) is 28.1 Å². The average molecular weight is 313 g/mol. The molecule has 1 nitrogen and oxygen atoms in total. The fourth-order valence-electron chi connectivity index (χ4n) is 1.33. The van der Waals surface area contributed by atoms with Crippen molar-refractivity contribution in [3.8, 4) is 0 Å². The molecule has 0 saturated carbocycles. The van der Waals surface area contributed by atoms with Crippen LogP contribution in [0.25, 0.3) is 0 Å². The van der Waals surface area contributed by atoms with Gasteiger partial charge in [-0.3, -0.25) is 4.79 Å². The minimum absolute atomic E-state index is 0.359. The fourth-order valence-corrected chi connectivity index (χ4v) is 1.57.